The predicted molar refractivity (Wildman–Crippen MR) is 94.4 cm³/mol. The molecule has 2 rings (SSSR count). The lowest BCUT2D eigenvalue weighted by atomic mass is 10.2. The van der Waals surface area contributed by atoms with Crippen LogP contribution >= 0.6 is 0 Å². The molecule has 2 aromatic carbocycles. The van der Waals surface area contributed by atoms with Crippen LogP contribution in [0.15, 0.2) is 42.5 Å². The van der Waals surface area contributed by atoms with Gasteiger partial charge in [0.1, 0.15) is 0 Å². The van der Waals surface area contributed by atoms with E-state index in [1.54, 1.807) is 56.7 Å². The minimum absolute atomic E-state index is 0.0535. The van der Waals surface area contributed by atoms with Gasteiger partial charge in [-0.1, -0.05) is 6.07 Å². The highest BCUT2D eigenvalue weighted by Crippen LogP contribution is 2.29. The third-order valence-corrected chi connectivity index (χ3v) is 3.40. The minimum atomic E-state index is -0.459. The summed E-state index contributed by atoms with van der Waals surface area (Å²) in [7, 11) is 4.41. The summed E-state index contributed by atoms with van der Waals surface area (Å²) in [5, 5.41) is 5.72. The van der Waals surface area contributed by atoms with E-state index >= 15 is 0 Å². The monoisotopic (exact) mass is 344 g/mol. The van der Waals surface area contributed by atoms with E-state index in [4.69, 9.17) is 9.47 Å². The van der Waals surface area contributed by atoms with Gasteiger partial charge in [0.25, 0.3) is 0 Å². The van der Waals surface area contributed by atoms with Crippen molar-refractivity contribution in [3.8, 4) is 11.5 Å². The molecule has 0 aliphatic carbocycles. The average Bonchev–Trinajstić information content (AvgIpc) is 2.65. The molecule has 0 aliphatic heterocycles. The Kier molecular flexibility index (Phi) is 6.22. The molecule has 0 atom stereocenters. The maximum atomic E-state index is 12.1. The molecule has 0 aliphatic rings. The molecule has 0 bridgehead atoms. The van der Waals surface area contributed by atoms with Crippen LogP contribution < -0.4 is 20.1 Å². The van der Waals surface area contributed by atoms with Crippen LogP contribution in [0.5, 0.6) is 11.5 Å². The van der Waals surface area contributed by atoms with Crippen LogP contribution in [0.4, 0.5) is 11.4 Å². The van der Waals surface area contributed by atoms with Gasteiger partial charge in [-0.3, -0.25) is 4.79 Å². The zero-order valence-corrected chi connectivity index (χ0v) is 14.3. The first kappa shape index (κ1) is 18.1. The van der Waals surface area contributed by atoms with E-state index in [1.807, 2.05) is 0 Å². The Labute approximate surface area is 145 Å². The molecule has 2 N–H and O–H groups in total. The number of carbonyl (C=O) groups is 2. The zero-order chi connectivity index (χ0) is 18.2. The predicted octanol–water partition coefficient (Wildman–Crippen LogP) is 2.54. The Morgan fingerprint density at radius 1 is 0.920 bits per heavy atom. The molecule has 0 radical (unpaired) electrons. The standard InChI is InChI=1S/C18H20N2O5/c1-23-15-8-7-13(10-16(15)24-2)19-11-17(21)20-14-6-4-5-12(9-14)18(22)25-3/h4-10,19H,11H2,1-3H3,(H,20,21). The van der Waals surface area contributed by atoms with Crippen molar-refractivity contribution < 1.29 is 23.8 Å². The van der Waals surface area contributed by atoms with E-state index in [9.17, 15) is 9.59 Å². The maximum absolute atomic E-state index is 12.1. The van der Waals surface area contributed by atoms with Crippen molar-refractivity contribution in [1.82, 2.24) is 0 Å². The summed E-state index contributed by atoms with van der Waals surface area (Å²) in [6.07, 6.45) is 0. The number of carbonyl (C=O) groups excluding carboxylic acids is 2. The molecule has 7 heteroatoms. The molecule has 1 amide bonds. The quantitative estimate of drug-likeness (QED) is 0.751. The van der Waals surface area contributed by atoms with E-state index in [-0.39, 0.29) is 12.5 Å². The summed E-state index contributed by atoms with van der Waals surface area (Å²) < 4.78 is 15.0. The highest BCUT2D eigenvalue weighted by atomic mass is 16.5. The van der Waals surface area contributed by atoms with Crippen LogP contribution in [0.3, 0.4) is 0 Å². The summed E-state index contributed by atoms with van der Waals surface area (Å²) >= 11 is 0. The van der Waals surface area contributed by atoms with Gasteiger partial charge in [0.15, 0.2) is 11.5 Å². The van der Waals surface area contributed by atoms with Crippen molar-refractivity contribution >= 4 is 23.3 Å². The Balaban J connectivity index is 1.96. The summed E-state index contributed by atoms with van der Waals surface area (Å²) in [6, 6.07) is 11.8. The number of hydrogen-bond donors (Lipinski definition) is 2. The highest BCUT2D eigenvalue weighted by Gasteiger charge is 2.09. The topological polar surface area (TPSA) is 85.9 Å². The van der Waals surface area contributed by atoms with Crippen LogP contribution in [-0.2, 0) is 9.53 Å². The fourth-order valence-corrected chi connectivity index (χ4v) is 2.18. The first-order valence-electron chi connectivity index (χ1n) is 7.51. The molecule has 2 aromatic rings. The number of esters is 1. The molecule has 0 saturated carbocycles. The number of hydrogen-bond acceptors (Lipinski definition) is 6. The molecular formula is C18H20N2O5. The Bertz CT molecular complexity index is 761. The largest absolute Gasteiger partial charge is 0.493 e. The zero-order valence-electron chi connectivity index (χ0n) is 14.3. The number of rotatable bonds is 7. The van der Waals surface area contributed by atoms with Gasteiger partial charge in [0, 0.05) is 17.4 Å². The molecule has 0 saturated heterocycles. The maximum Gasteiger partial charge on any atom is 0.337 e. The molecule has 0 aromatic heterocycles. The number of methoxy groups -OCH3 is 3. The minimum Gasteiger partial charge on any atom is -0.493 e. The van der Waals surface area contributed by atoms with Crippen molar-refractivity contribution in [2.45, 2.75) is 0 Å². The van der Waals surface area contributed by atoms with Gasteiger partial charge in [0.2, 0.25) is 5.91 Å². The van der Waals surface area contributed by atoms with Crippen LogP contribution in [0.2, 0.25) is 0 Å². The molecule has 0 unspecified atom stereocenters. The van der Waals surface area contributed by atoms with Crippen LogP contribution in [0.25, 0.3) is 0 Å². The molecule has 132 valence electrons. The van der Waals surface area contributed by atoms with Gasteiger partial charge in [-0.25, -0.2) is 4.79 Å². The Morgan fingerprint density at radius 3 is 2.36 bits per heavy atom. The molecule has 0 spiro atoms. The first-order chi connectivity index (χ1) is 12.1. The van der Waals surface area contributed by atoms with E-state index in [0.29, 0.717) is 22.7 Å². The second-order valence-corrected chi connectivity index (χ2v) is 5.04. The van der Waals surface area contributed by atoms with Gasteiger partial charge in [-0.2, -0.15) is 0 Å². The van der Waals surface area contributed by atoms with Crippen LogP contribution in [0, 0.1) is 0 Å². The smallest absolute Gasteiger partial charge is 0.337 e. The van der Waals surface area contributed by atoms with Crippen molar-refractivity contribution in [2.75, 3.05) is 38.5 Å². The second-order valence-electron chi connectivity index (χ2n) is 5.04. The fourth-order valence-electron chi connectivity index (χ4n) is 2.18. The van der Waals surface area contributed by atoms with E-state index in [0.717, 1.165) is 5.69 Å². The van der Waals surface area contributed by atoms with Crippen LogP contribution in [-0.4, -0.2) is 39.8 Å². The second kappa shape index (κ2) is 8.58. The van der Waals surface area contributed by atoms with Crippen molar-refractivity contribution in [2.24, 2.45) is 0 Å². The lowest BCUT2D eigenvalue weighted by molar-refractivity contribution is -0.114. The molecule has 0 fully saturated rings. The lowest BCUT2D eigenvalue weighted by Crippen LogP contribution is -2.21. The van der Waals surface area contributed by atoms with Crippen molar-refractivity contribution in [3.63, 3.8) is 0 Å². The van der Waals surface area contributed by atoms with Gasteiger partial charge >= 0.3 is 5.97 Å². The van der Waals surface area contributed by atoms with Crippen LogP contribution in [0.1, 0.15) is 10.4 Å². The SMILES string of the molecule is COC(=O)c1cccc(NC(=O)CNc2ccc(OC)c(OC)c2)c1. The van der Waals surface area contributed by atoms with Gasteiger partial charge in [-0.05, 0) is 30.3 Å². The third-order valence-electron chi connectivity index (χ3n) is 3.40. The molecule has 0 heterocycles. The highest BCUT2D eigenvalue weighted by molar-refractivity contribution is 5.96. The van der Waals surface area contributed by atoms with Gasteiger partial charge in [-0.15, -0.1) is 0 Å². The molecule has 7 nitrogen and oxygen atoms in total. The summed E-state index contributed by atoms with van der Waals surface area (Å²) in [5.41, 5.74) is 1.60. The summed E-state index contributed by atoms with van der Waals surface area (Å²) in [4.78, 5) is 23.6. The molecule has 25 heavy (non-hydrogen) atoms. The third kappa shape index (κ3) is 4.87. The fraction of sp³-hybridized carbons (Fsp3) is 0.222. The average molecular weight is 344 g/mol. The normalized spacial score (nSPS) is 9.88. The number of benzene rings is 2. The van der Waals surface area contributed by atoms with E-state index < -0.39 is 5.97 Å². The summed E-state index contributed by atoms with van der Waals surface area (Å²) in [5.74, 6) is 0.465. The Morgan fingerprint density at radius 2 is 1.68 bits per heavy atom. The number of anilines is 2. The number of amides is 1. The number of ether oxygens (including phenoxy) is 3. The van der Waals surface area contributed by atoms with E-state index in [2.05, 4.69) is 15.4 Å². The van der Waals surface area contributed by atoms with Gasteiger partial charge in [0.05, 0.1) is 33.4 Å². The van der Waals surface area contributed by atoms with Gasteiger partial charge < -0.3 is 24.8 Å². The van der Waals surface area contributed by atoms with E-state index in [1.165, 1.54) is 7.11 Å². The Hall–Kier alpha value is -3.22. The summed E-state index contributed by atoms with van der Waals surface area (Å²) in [6.45, 7) is 0.0535. The van der Waals surface area contributed by atoms with Crippen molar-refractivity contribution in [3.05, 3.63) is 48.0 Å². The van der Waals surface area contributed by atoms with Crippen molar-refractivity contribution in [1.29, 1.82) is 0 Å². The number of nitrogens with one attached hydrogen (secondary N) is 2. The lowest BCUT2D eigenvalue weighted by Gasteiger charge is -2.11. The molecular weight excluding hydrogens is 324 g/mol. The first-order valence-corrected chi connectivity index (χ1v) is 7.51.